The molecule has 0 saturated carbocycles. The summed E-state index contributed by atoms with van der Waals surface area (Å²) in [4.78, 5) is 0. The molecule has 0 aliphatic carbocycles. The van der Waals surface area contributed by atoms with Gasteiger partial charge in [0.1, 0.15) is 0 Å². The van der Waals surface area contributed by atoms with Gasteiger partial charge in [-0.1, -0.05) is 0 Å². The minimum Gasteiger partial charge on any atom is -1.00 e. The van der Waals surface area contributed by atoms with Crippen molar-refractivity contribution < 1.29 is 12.4 Å². The summed E-state index contributed by atoms with van der Waals surface area (Å²) in [5, 5.41) is 2.52. The molecule has 0 radical (unpaired) electrons. The van der Waals surface area contributed by atoms with Crippen molar-refractivity contribution >= 4 is 15.2 Å². The van der Waals surface area contributed by atoms with Crippen molar-refractivity contribution in [3.63, 3.8) is 0 Å². The molecule has 0 amide bonds. The molecule has 0 bridgehead atoms. The van der Waals surface area contributed by atoms with Gasteiger partial charge in [0.2, 0.25) is 0 Å². The Hall–Kier alpha value is -0.738. The van der Waals surface area contributed by atoms with Crippen molar-refractivity contribution in [1.82, 2.24) is 0 Å². The van der Waals surface area contributed by atoms with Gasteiger partial charge in [0.05, 0.1) is 0 Å². The molecule has 18 heavy (non-hydrogen) atoms. The van der Waals surface area contributed by atoms with Crippen LogP contribution in [0.2, 0.25) is 0 Å². The summed E-state index contributed by atoms with van der Waals surface area (Å²) >= 11 is 0.485. The predicted octanol–water partition coefficient (Wildman–Crippen LogP) is 0.712. The van der Waals surface area contributed by atoms with E-state index in [1.54, 1.807) is 0 Å². The first-order valence-electron chi connectivity index (χ1n) is 6.17. The Bertz CT molecular complexity index is 414. The van der Waals surface area contributed by atoms with Crippen LogP contribution >= 0.6 is 0 Å². The molecule has 0 fully saturated rings. The zero-order valence-corrected chi connectivity index (χ0v) is 12.9. The van der Waals surface area contributed by atoms with Gasteiger partial charge >= 0.3 is 110 Å². The smallest absolute Gasteiger partial charge is 1.00 e. The fourth-order valence-corrected chi connectivity index (χ4v) is 3.21. The van der Waals surface area contributed by atoms with Crippen LogP contribution in [0, 0.1) is 13.8 Å². The molecule has 0 unspecified atom stereocenters. The molecule has 2 heteroatoms. The molecule has 0 spiro atoms. The average Bonchev–Trinajstić information content (AvgIpc) is 2.34. The first-order chi connectivity index (χ1) is 8.24. The molecule has 2 rings (SSSR count). The van der Waals surface area contributed by atoms with E-state index in [1.165, 1.54) is 32.8 Å². The van der Waals surface area contributed by atoms with Crippen LogP contribution < -0.4 is 12.4 Å². The van der Waals surface area contributed by atoms with E-state index in [0.29, 0.717) is 15.2 Å². The third-order valence-electron chi connectivity index (χ3n) is 3.00. The largest absolute Gasteiger partial charge is 1.00 e. The van der Waals surface area contributed by atoms with E-state index in [4.69, 9.17) is 0 Å². The van der Waals surface area contributed by atoms with Gasteiger partial charge in [-0.05, 0) is 0 Å². The quantitative estimate of drug-likeness (QED) is 0.720. The Balaban J connectivity index is 0.00000162. The molecule has 0 aromatic heterocycles. The van der Waals surface area contributed by atoms with Crippen molar-refractivity contribution in [1.29, 1.82) is 0 Å². The number of halogens is 1. The summed E-state index contributed by atoms with van der Waals surface area (Å²) in [7, 11) is 0. The Kier molecular flexibility index (Phi) is 6.51. The van der Waals surface area contributed by atoms with Gasteiger partial charge < -0.3 is 12.4 Å². The SMILES string of the molecule is Cc1ccc([CH2][Al+][CH2]c2ccc(C)cc2)cc1.[Cl-]. The van der Waals surface area contributed by atoms with Crippen LogP contribution in [0.3, 0.4) is 0 Å². The molecule has 0 aliphatic rings. The van der Waals surface area contributed by atoms with Gasteiger partial charge in [-0.15, -0.1) is 0 Å². The molecular weight excluding hydrogens is 255 g/mol. The number of rotatable bonds is 4. The Morgan fingerprint density at radius 1 is 0.667 bits per heavy atom. The summed E-state index contributed by atoms with van der Waals surface area (Å²) in [6.07, 6.45) is 0. The standard InChI is InChI=1S/2C8H9.Al.ClH/c2*1-7-3-5-8(2)6-4-7;;/h2*3-6H,1H2,2H3;;1H/q;;+1;/p-1. The summed E-state index contributed by atoms with van der Waals surface area (Å²) in [6, 6.07) is 17.9. The molecule has 0 saturated heterocycles. The minimum atomic E-state index is 0. The minimum absolute atomic E-state index is 0. The van der Waals surface area contributed by atoms with Crippen molar-refractivity contribution in [2.45, 2.75) is 24.4 Å². The molecule has 2 aromatic rings. The van der Waals surface area contributed by atoms with Crippen LogP contribution in [0.5, 0.6) is 0 Å². The maximum atomic E-state index is 2.26. The zero-order valence-electron chi connectivity index (χ0n) is 11.0. The number of hydrogen-bond donors (Lipinski definition) is 0. The second-order valence-electron chi connectivity index (χ2n) is 4.67. The zero-order chi connectivity index (χ0) is 12.1. The number of benzene rings is 2. The van der Waals surface area contributed by atoms with E-state index >= 15 is 0 Å². The van der Waals surface area contributed by atoms with E-state index in [0.717, 1.165) is 0 Å². The van der Waals surface area contributed by atoms with Gasteiger partial charge in [0.25, 0.3) is 0 Å². The van der Waals surface area contributed by atoms with Crippen LogP contribution in [-0.4, -0.2) is 15.2 Å². The van der Waals surface area contributed by atoms with E-state index in [-0.39, 0.29) is 12.4 Å². The fourth-order valence-electron chi connectivity index (χ4n) is 1.85. The molecule has 0 atom stereocenters. The predicted molar refractivity (Wildman–Crippen MR) is 75.5 cm³/mol. The van der Waals surface area contributed by atoms with E-state index in [9.17, 15) is 0 Å². The van der Waals surface area contributed by atoms with Gasteiger partial charge in [-0.3, -0.25) is 0 Å². The number of aryl methyl sites for hydroxylation is 2. The third-order valence-corrected chi connectivity index (χ3v) is 4.52. The molecule has 92 valence electrons. The summed E-state index contributed by atoms with van der Waals surface area (Å²) in [6.45, 7) is 4.28. The first-order valence-corrected chi connectivity index (χ1v) is 7.80. The van der Waals surface area contributed by atoms with Gasteiger partial charge in [0.15, 0.2) is 0 Å². The van der Waals surface area contributed by atoms with Gasteiger partial charge in [0, 0.05) is 0 Å². The van der Waals surface area contributed by atoms with Gasteiger partial charge in [-0.25, -0.2) is 0 Å². The molecule has 2 aromatic carbocycles. The summed E-state index contributed by atoms with van der Waals surface area (Å²) in [5.41, 5.74) is 5.67. The Morgan fingerprint density at radius 3 is 1.33 bits per heavy atom. The molecular formula is C16H18AlCl. The Morgan fingerprint density at radius 2 is 1.00 bits per heavy atom. The molecule has 0 aliphatic heterocycles. The Labute approximate surface area is 123 Å². The van der Waals surface area contributed by atoms with E-state index < -0.39 is 0 Å². The maximum Gasteiger partial charge on any atom is -1.00 e. The van der Waals surface area contributed by atoms with Crippen LogP contribution in [0.1, 0.15) is 22.3 Å². The monoisotopic (exact) mass is 272 g/mol. The van der Waals surface area contributed by atoms with Crippen molar-refractivity contribution in [2.24, 2.45) is 0 Å². The van der Waals surface area contributed by atoms with Crippen LogP contribution in [0.15, 0.2) is 48.5 Å². The van der Waals surface area contributed by atoms with Crippen molar-refractivity contribution in [2.75, 3.05) is 0 Å². The normalized spacial score (nSPS) is 9.44. The average molecular weight is 273 g/mol. The van der Waals surface area contributed by atoms with Gasteiger partial charge in [-0.2, -0.15) is 0 Å². The van der Waals surface area contributed by atoms with E-state index in [1.807, 2.05) is 0 Å². The summed E-state index contributed by atoms with van der Waals surface area (Å²) in [5.74, 6) is 0. The molecule has 0 heterocycles. The molecule has 0 N–H and O–H groups in total. The first kappa shape index (κ1) is 15.3. The van der Waals surface area contributed by atoms with Crippen molar-refractivity contribution in [3.8, 4) is 0 Å². The maximum absolute atomic E-state index is 2.26. The fraction of sp³-hybridized carbons (Fsp3) is 0.250. The second-order valence-corrected chi connectivity index (χ2v) is 6.06. The van der Waals surface area contributed by atoms with Crippen LogP contribution in [-0.2, 0) is 10.6 Å². The topological polar surface area (TPSA) is 0 Å². The van der Waals surface area contributed by atoms with E-state index in [2.05, 4.69) is 62.4 Å². The van der Waals surface area contributed by atoms with Crippen LogP contribution in [0.25, 0.3) is 0 Å². The third kappa shape index (κ3) is 4.86. The second kappa shape index (κ2) is 7.64. The van der Waals surface area contributed by atoms with Crippen molar-refractivity contribution in [3.05, 3.63) is 70.8 Å². The summed E-state index contributed by atoms with van der Waals surface area (Å²) < 4.78 is 0. The molecule has 0 nitrogen and oxygen atoms in total. The number of hydrogen-bond acceptors (Lipinski definition) is 0. The van der Waals surface area contributed by atoms with Crippen LogP contribution in [0.4, 0.5) is 0 Å².